The summed E-state index contributed by atoms with van der Waals surface area (Å²) in [6.45, 7) is 1.86. The molecule has 9 heteroatoms. The molecule has 2 amide bonds. The molecule has 4 aromatic carbocycles. The summed E-state index contributed by atoms with van der Waals surface area (Å²) in [6, 6.07) is 19.1. The van der Waals surface area contributed by atoms with E-state index in [-0.39, 0.29) is 22.9 Å². The van der Waals surface area contributed by atoms with E-state index in [1.807, 2.05) is 31.2 Å². The van der Waals surface area contributed by atoms with Gasteiger partial charge in [0.1, 0.15) is 5.75 Å². The molecule has 0 atom stereocenters. The minimum Gasteiger partial charge on any atom is -0.505 e. The van der Waals surface area contributed by atoms with Crippen LogP contribution in [0.15, 0.2) is 66.7 Å². The average Bonchev–Trinajstić information content (AvgIpc) is 2.88. The molecule has 0 aromatic heterocycles. The summed E-state index contributed by atoms with van der Waals surface area (Å²) in [7, 11) is 3.11. The fraction of sp³-hybridized carbons (Fsp3) is 0.111. The number of methoxy groups -OCH3 is 1. The van der Waals surface area contributed by atoms with E-state index in [0.717, 1.165) is 10.9 Å². The van der Waals surface area contributed by atoms with Gasteiger partial charge in [0.15, 0.2) is 5.75 Å². The number of anilines is 3. The van der Waals surface area contributed by atoms with Crippen LogP contribution in [0.4, 0.5) is 17.1 Å². The molecule has 0 heterocycles. The molecule has 0 saturated carbocycles. The molecule has 0 aliphatic carbocycles. The Kier molecular flexibility index (Phi) is 8.24. The second kappa shape index (κ2) is 11.3. The van der Waals surface area contributed by atoms with Crippen molar-refractivity contribution in [2.24, 2.45) is 0 Å². The zero-order chi connectivity index (χ0) is 26.4. The van der Waals surface area contributed by atoms with Crippen LogP contribution in [0.1, 0.15) is 26.3 Å². The van der Waals surface area contributed by atoms with E-state index in [0.29, 0.717) is 33.1 Å². The van der Waals surface area contributed by atoms with Crippen molar-refractivity contribution in [3.63, 3.8) is 0 Å². The number of phenolic OH excluding ortho intramolecular Hbond substituents is 1. The Labute approximate surface area is 213 Å². The number of carbonyl (C=O) groups excluding carboxylic acids is 2. The molecule has 0 fully saturated rings. The van der Waals surface area contributed by atoms with Crippen LogP contribution in [0.3, 0.4) is 0 Å². The molecule has 0 saturated heterocycles. The average molecular weight is 507 g/mol. The smallest absolute Gasteiger partial charge is 0.259 e. The molecular formula is C27H27ClN4O4. The minimum atomic E-state index is -0.440. The predicted molar refractivity (Wildman–Crippen MR) is 145 cm³/mol. The van der Waals surface area contributed by atoms with Gasteiger partial charge in [0.05, 0.1) is 24.0 Å². The fourth-order valence-corrected chi connectivity index (χ4v) is 3.65. The van der Waals surface area contributed by atoms with E-state index in [4.69, 9.17) is 27.8 Å². The number of nitrogens with two attached hydrogens (primary N) is 2. The molecule has 0 radical (unpaired) electrons. The third-order valence-corrected chi connectivity index (χ3v) is 5.71. The number of nitrogens with one attached hydrogen (secondary N) is 2. The summed E-state index contributed by atoms with van der Waals surface area (Å²) < 4.78 is 4.96. The van der Waals surface area contributed by atoms with Crippen molar-refractivity contribution in [2.45, 2.75) is 6.92 Å². The number of nitrogen functional groups attached to an aromatic ring is 2. The number of amides is 2. The standard InChI is InChI=1S/C18H15ClN2O2.C9H12N2O2/c1-10-6-7-12(19)9-15(10)21-18(23)14-8-11-4-2-3-5-13(11)16(20)17(14)22;1-11-9(12)6-3-4-8(13-2)7(10)5-6/h2-9,22H,20H2,1H3,(H,21,23);3-5H,10H2,1-2H3,(H,11,12). The lowest BCUT2D eigenvalue weighted by molar-refractivity contribution is 0.0962. The molecule has 4 aromatic rings. The van der Waals surface area contributed by atoms with Gasteiger partial charge in [-0.25, -0.2) is 0 Å². The van der Waals surface area contributed by atoms with Gasteiger partial charge in [-0.05, 0) is 54.3 Å². The first-order chi connectivity index (χ1) is 17.2. The molecule has 4 rings (SSSR count). The van der Waals surface area contributed by atoms with Gasteiger partial charge >= 0.3 is 0 Å². The third kappa shape index (κ3) is 5.79. The molecule has 186 valence electrons. The van der Waals surface area contributed by atoms with Crippen molar-refractivity contribution in [3.8, 4) is 11.5 Å². The first-order valence-corrected chi connectivity index (χ1v) is 11.3. The van der Waals surface area contributed by atoms with E-state index in [1.165, 1.54) is 7.11 Å². The first-order valence-electron chi connectivity index (χ1n) is 10.9. The van der Waals surface area contributed by atoms with E-state index < -0.39 is 5.91 Å². The number of phenols is 1. The zero-order valence-corrected chi connectivity index (χ0v) is 20.8. The van der Waals surface area contributed by atoms with Crippen molar-refractivity contribution in [1.29, 1.82) is 0 Å². The van der Waals surface area contributed by atoms with Crippen LogP contribution in [0.25, 0.3) is 10.8 Å². The van der Waals surface area contributed by atoms with Crippen molar-refractivity contribution in [3.05, 3.63) is 88.4 Å². The number of hydrogen-bond acceptors (Lipinski definition) is 6. The largest absolute Gasteiger partial charge is 0.505 e. The van der Waals surface area contributed by atoms with Crippen molar-refractivity contribution in [2.75, 3.05) is 30.9 Å². The minimum absolute atomic E-state index is 0.126. The van der Waals surface area contributed by atoms with Crippen LogP contribution in [0, 0.1) is 6.92 Å². The maximum absolute atomic E-state index is 12.5. The van der Waals surface area contributed by atoms with E-state index in [1.54, 1.807) is 49.5 Å². The van der Waals surface area contributed by atoms with E-state index in [2.05, 4.69) is 10.6 Å². The summed E-state index contributed by atoms with van der Waals surface area (Å²) in [6.07, 6.45) is 0. The van der Waals surface area contributed by atoms with Crippen LogP contribution in [-0.4, -0.2) is 31.1 Å². The molecule has 36 heavy (non-hydrogen) atoms. The van der Waals surface area contributed by atoms with Crippen molar-refractivity contribution >= 4 is 51.2 Å². The monoisotopic (exact) mass is 506 g/mol. The topological polar surface area (TPSA) is 140 Å². The number of halogens is 1. The second-order valence-electron chi connectivity index (χ2n) is 7.86. The molecule has 0 unspecified atom stereocenters. The third-order valence-electron chi connectivity index (χ3n) is 5.47. The Hall–Kier alpha value is -4.43. The molecular weight excluding hydrogens is 480 g/mol. The number of aryl methyl sites for hydroxylation is 1. The highest BCUT2D eigenvalue weighted by Crippen LogP contribution is 2.34. The Morgan fingerprint density at radius 3 is 2.36 bits per heavy atom. The molecule has 0 bridgehead atoms. The number of hydrogen-bond donors (Lipinski definition) is 5. The second-order valence-corrected chi connectivity index (χ2v) is 8.29. The summed E-state index contributed by atoms with van der Waals surface area (Å²) in [5.41, 5.74) is 14.3. The summed E-state index contributed by atoms with van der Waals surface area (Å²) in [5, 5.41) is 17.5. The summed E-state index contributed by atoms with van der Waals surface area (Å²) >= 11 is 5.96. The van der Waals surface area contributed by atoms with Crippen molar-refractivity contribution < 1.29 is 19.4 Å². The maximum Gasteiger partial charge on any atom is 0.259 e. The zero-order valence-electron chi connectivity index (χ0n) is 20.1. The lowest BCUT2D eigenvalue weighted by Gasteiger charge is -2.12. The van der Waals surface area contributed by atoms with Gasteiger partial charge in [-0.15, -0.1) is 0 Å². The SMILES string of the molecule is CNC(=O)c1ccc(OC)c(N)c1.Cc1ccc(Cl)cc1NC(=O)c1cc2ccccc2c(N)c1O. The fourth-order valence-electron chi connectivity index (χ4n) is 3.48. The van der Waals surface area contributed by atoms with Gasteiger partial charge in [0.2, 0.25) is 0 Å². The van der Waals surface area contributed by atoms with Crippen LogP contribution >= 0.6 is 11.6 Å². The maximum atomic E-state index is 12.5. The highest BCUT2D eigenvalue weighted by Gasteiger charge is 2.17. The molecule has 0 aliphatic rings. The van der Waals surface area contributed by atoms with Gasteiger partial charge in [-0.2, -0.15) is 0 Å². The highest BCUT2D eigenvalue weighted by molar-refractivity contribution is 6.31. The number of ether oxygens (including phenoxy) is 1. The van der Waals surface area contributed by atoms with Crippen LogP contribution in [-0.2, 0) is 0 Å². The lowest BCUT2D eigenvalue weighted by Crippen LogP contribution is -2.17. The van der Waals surface area contributed by atoms with E-state index >= 15 is 0 Å². The van der Waals surface area contributed by atoms with Crippen LogP contribution in [0.2, 0.25) is 5.02 Å². The normalized spacial score (nSPS) is 10.2. The molecule has 0 aliphatic heterocycles. The molecule has 7 N–H and O–H groups in total. The van der Waals surface area contributed by atoms with Crippen LogP contribution in [0.5, 0.6) is 11.5 Å². The van der Waals surface area contributed by atoms with Gasteiger partial charge in [-0.1, -0.05) is 41.9 Å². The van der Waals surface area contributed by atoms with Gasteiger partial charge in [0.25, 0.3) is 11.8 Å². The van der Waals surface area contributed by atoms with Gasteiger partial charge in [-0.3, -0.25) is 9.59 Å². The number of carbonyl (C=O) groups is 2. The Morgan fingerprint density at radius 2 is 1.69 bits per heavy atom. The molecule has 0 spiro atoms. The lowest BCUT2D eigenvalue weighted by atomic mass is 10.0. The van der Waals surface area contributed by atoms with Crippen LogP contribution < -0.4 is 26.8 Å². The number of aromatic hydroxyl groups is 1. The quantitative estimate of drug-likeness (QED) is 0.195. The number of fused-ring (bicyclic) bond motifs is 1. The summed E-state index contributed by atoms with van der Waals surface area (Å²) in [4.78, 5) is 23.7. The first kappa shape index (κ1) is 26.2. The van der Waals surface area contributed by atoms with Gasteiger partial charge in [0, 0.05) is 28.7 Å². The predicted octanol–water partition coefficient (Wildman–Crippen LogP) is 4.98. The van der Waals surface area contributed by atoms with E-state index in [9.17, 15) is 14.7 Å². The van der Waals surface area contributed by atoms with Gasteiger partial charge < -0.3 is 31.9 Å². The summed E-state index contributed by atoms with van der Waals surface area (Å²) in [5.74, 6) is -0.242. The highest BCUT2D eigenvalue weighted by atomic mass is 35.5. The van der Waals surface area contributed by atoms with Crippen molar-refractivity contribution in [1.82, 2.24) is 5.32 Å². The number of benzene rings is 4. The number of rotatable bonds is 4. The Balaban J connectivity index is 0.000000236. The molecule has 8 nitrogen and oxygen atoms in total. The Bertz CT molecular complexity index is 1440. The Morgan fingerprint density at radius 1 is 0.972 bits per heavy atom.